The summed E-state index contributed by atoms with van der Waals surface area (Å²) in [6.07, 6.45) is 1.03. The van der Waals surface area contributed by atoms with E-state index < -0.39 is 17.0 Å². The first kappa shape index (κ1) is 20.7. The van der Waals surface area contributed by atoms with Crippen LogP contribution in [-0.4, -0.2) is 42.7 Å². The van der Waals surface area contributed by atoms with Crippen LogP contribution in [-0.2, 0) is 14.3 Å². The predicted molar refractivity (Wildman–Crippen MR) is 103 cm³/mol. The molecule has 3 N–H and O–H groups in total. The standard InChI is InChI=1S/C19H27N3O3.ClH/c1-4-25-15-12-19(20,18(15,2)3)17(24)21-14-10-11-22(16(14)23)13-8-6-5-7-9-13;/h5-9,14-15H,4,10-12,20H2,1-3H3,(H,21,24);1H. The molecule has 7 heteroatoms. The Hall–Kier alpha value is -1.63. The van der Waals surface area contributed by atoms with E-state index in [1.807, 2.05) is 51.1 Å². The van der Waals surface area contributed by atoms with Gasteiger partial charge in [0.2, 0.25) is 11.8 Å². The highest BCUT2D eigenvalue weighted by atomic mass is 35.5. The molecule has 144 valence electrons. The van der Waals surface area contributed by atoms with Crippen molar-refractivity contribution < 1.29 is 14.3 Å². The second kappa shape index (κ2) is 7.55. The fourth-order valence-corrected chi connectivity index (χ4v) is 3.79. The number of nitrogens with one attached hydrogen (secondary N) is 1. The van der Waals surface area contributed by atoms with Gasteiger partial charge in [0.05, 0.1) is 6.10 Å². The van der Waals surface area contributed by atoms with Gasteiger partial charge in [-0.25, -0.2) is 0 Å². The fraction of sp³-hybridized carbons (Fsp3) is 0.579. The number of halogens is 1. The Morgan fingerprint density at radius 1 is 1.35 bits per heavy atom. The van der Waals surface area contributed by atoms with E-state index in [4.69, 9.17) is 10.5 Å². The lowest BCUT2D eigenvalue weighted by atomic mass is 9.54. The summed E-state index contributed by atoms with van der Waals surface area (Å²) in [5, 5.41) is 2.88. The molecule has 1 aromatic carbocycles. The number of para-hydroxylation sites is 1. The zero-order valence-electron chi connectivity index (χ0n) is 15.5. The summed E-state index contributed by atoms with van der Waals surface area (Å²) < 4.78 is 5.67. The SMILES string of the molecule is CCOC1CC(N)(C(=O)NC2CCN(c3ccccc3)C2=O)C1(C)C.Cl. The molecule has 0 aromatic heterocycles. The average Bonchev–Trinajstić information content (AvgIpc) is 2.96. The van der Waals surface area contributed by atoms with Crippen LogP contribution in [0.15, 0.2) is 30.3 Å². The summed E-state index contributed by atoms with van der Waals surface area (Å²) in [5.74, 6) is -0.344. The number of carbonyl (C=O) groups excluding carboxylic acids is 2. The van der Waals surface area contributed by atoms with Gasteiger partial charge in [-0.2, -0.15) is 0 Å². The molecular formula is C19H28ClN3O3. The van der Waals surface area contributed by atoms with Crippen LogP contribution >= 0.6 is 12.4 Å². The van der Waals surface area contributed by atoms with Gasteiger partial charge in [-0.15, -0.1) is 12.4 Å². The molecule has 3 unspecified atom stereocenters. The summed E-state index contributed by atoms with van der Waals surface area (Å²) in [7, 11) is 0. The molecule has 0 spiro atoms. The van der Waals surface area contributed by atoms with Gasteiger partial charge >= 0.3 is 0 Å². The monoisotopic (exact) mass is 381 g/mol. The predicted octanol–water partition coefficient (Wildman–Crippen LogP) is 1.86. The first-order valence-corrected chi connectivity index (χ1v) is 8.89. The Balaban J connectivity index is 0.00000243. The molecule has 1 aliphatic carbocycles. The van der Waals surface area contributed by atoms with Gasteiger partial charge in [-0.1, -0.05) is 32.0 Å². The van der Waals surface area contributed by atoms with Gasteiger partial charge in [0, 0.05) is 30.7 Å². The van der Waals surface area contributed by atoms with E-state index in [-0.39, 0.29) is 30.3 Å². The number of carbonyl (C=O) groups is 2. The van der Waals surface area contributed by atoms with Crippen LogP contribution in [0.1, 0.15) is 33.6 Å². The Bertz CT molecular complexity index is 667. The molecule has 6 nitrogen and oxygen atoms in total. The van der Waals surface area contributed by atoms with Crippen LogP contribution in [0.3, 0.4) is 0 Å². The van der Waals surface area contributed by atoms with Crippen molar-refractivity contribution >= 4 is 29.9 Å². The molecule has 0 radical (unpaired) electrons. The number of rotatable bonds is 5. The van der Waals surface area contributed by atoms with Crippen LogP contribution in [0.25, 0.3) is 0 Å². The topological polar surface area (TPSA) is 84.7 Å². The molecule has 1 heterocycles. The van der Waals surface area contributed by atoms with Crippen molar-refractivity contribution in [2.24, 2.45) is 11.1 Å². The van der Waals surface area contributed by atoms with E-state index >= 15 is 0 Å². The molecule has 1 saturated heterocycles. The van der Waals surface area contributed by atoms with E-state index in [2.05, 4.69) is 5.32 Å². The maximum absolute atomic E-state index is 12.8. The normalized spacial score (nSPS) is 29.7. The van der Waals surface area contributed by atoms with Crippen molar-refractivity contribution in [3.8, 4) is 0 Å². The van der Waals surface area contributed by atoms with Crippen molar-refractivity contribution in [1.82, 2.24) is 5.32 Å². The molecule has 26 heavy (non-hydrogen) atoms. The van der Waals surface area contributed by atoms with Crippen molar-refractivity contribution in [2.45, 2.75) is 51.3 Å². The van der Waals surface area contributed by atoms with Crippen molar-refractivity contribution in [3.05, 3.63) is 30.3 Å². The van der Waals surface area contributed by atoms with E-state index in [0.717, 1.165) is 5.69 Å². The second-order valence-electron chi connectivity index (χ2n) is 7.48. The molecule has 0 bridgehead atoms. The van der Waals surface area contributed by atoms with Crippen LogP contribution in [0.4, 0.5) is 5.69 Å². The highest BCUT2D eigenvalue weighted by Gasteiger charge is 2.63. The minimum absolute atomic E-state index is 0. The third kappa shape index (κ3) is 3.21. The maximum atomic E-state index is 12.8. The smallest absolute Gasteiger partial charge is 0.249 e. The Kier molecular flexibility index (Phi) is 6.00. The van der Waals surface area contributed by atoms with Gasteiger partial charge < -0.3 is 20.7 Å². The molecule has 2 amide bonds. The summed E-state index contributed by atoms with van der Waals surface area (Å²) in [6.45, 7) is 7.02. The number of nitrogens with two attached hydrogens (primary N) is 1. The molecule has 3 atom stereocenters. The molecule has 1 aliphatic heterocycles. The van der Waals surface area contributed by atoms with Gasteiger partial charge in [-0.05, 0) is 25.5 Å². The van der Waals surface area contributed by atoms with Crippen LogP contribution in [0.2, 0.25) is 0 Å². The van der Waals surface area contributed by atoms with Crippen LogP contribution < -0.4 is 16.0 Å². The molecule has 1 saturated carbocycles. The highest BCUT2D eigenvalue weighted by molar-refractivity contribution is 6.02. The molecule has 2 aliphatic rings. The first-order valence-electron chi connectivity index (χ1n) is 8.89. The van der Waals surface area contributed by atoms with E-state index in [1.165, 1.54) is 0 Å². The molecule has 1 aromatic rings. The number of ether oxygens (including phenoxy) is 1. The second-order valence-corrected chi connectivity index (χ2v) is 7.48. The average molecular weight is 382 g/mol. The van der Waals surface area contributed by atoms with E-state index in [0.29, 0.717) is 26.0 Å². The third-order valence-corrected chi connectivity index (χ3v) is 5.81. The lowest BCUT2D eigenvalue weighted by Crippen LogP contribution is -2.76. The summed E-state index contributed by atoms with van der Waals surface area (Å²) in [4.78, 5) is 27.2. The molecular weight excluding hydrogens is 354 g/mol. The van der Waals surface area contributed by atoms with Gasteiger partial charge in [0.1, 0.15) is 11.6 Å². The lowest BCUT2D eigenvalue weighted by Gasteiger charge is -2.57. The molecule has 2 fully saturated rings. The van der Waals surface area contributed by atoms with Crippen LogP contribution in [0.5, 0.6) is 0 Å². The van der Waals surface area contributed by atoms with Gasteiger partial charge in [0.15, 0.2) is 0 Å². The Morgan fingerprint density at radius 3 is 2.58 bits per heavy atom. The van der Waals surface area contributed by atoms with Crippen LogP contribution in [0, 0.1) is 5.41 Å². The Labute approximate surface area is 160 Å². The number of anilines is 1. The third-order valence-electron chi connectivity index (χ3n) is 5.81. The van der Waals surface area contributed by atoms with E-state index in [1.54, 1.807) is 4.90 Å². The molecule has 3 rings (SSSR count). The summed E-state index contributed by atoms with van der Waals surface area (Å²) in [5.41, 5.74) is 5.78. The zero-order valence-corrected chi connectivity index (χ0v) is 16.3. The highest BCUT2D eigenvalue weighted by Crippen LogP contribution is 2.49. The largest absolute Gasteiger partial charge is 0.378 e. The van der Waals surface area contributed by atoms with Gasteiger partial charge in [-0.3, -0.25) is 9.59 Å². The lowest BCUT2D eigenvalue weighted by molar-refractivity contribution is -0.171. The zero-order chi connectivity index (χ0) is 18.2. The number of nitrogens with zero attached hydrogens (tertiary/aromatic N) is 1. The summed E-state index contributed by atoms with van der Waals surface area (Å²) in [6, 6.07) is 8.98. The fourth-order valence-electron chi connectivity index (χ4n) is 3.79. The number of hydrogen-bond donors (Lipinski definition) is 2. The minimum Gasteiger partial charge on any atom is -0.378 e. The first-order chi connectivity index (χ1) is 11.8. The number of hydrogen-bond acceptors (Lipinski definition) is 4. The van der Waals surface area contributed by atoms with Crippen molar-refractivity contribution in [1.29, 1.82) is 0 Å². The maximum Gasteiger partial charge on any atom is 0.249 e. The Morgan fingerprint density at radius 2 is 2.00 bits per heavy atom. The number of benzene rings is 1. The van der Waals surface area contributed by atoms with Gasteiger partial charge in [0.25, 0.3) is 0 Å². The number of amides is 2. The minimum atomic E-state index is -1.01. The van der Waals surface area contributed by atoms with Crippen molar-refractivity contribution in [2.75, 3.05) is 18.1 Å². The van der Waals surface area contributed by atoms with E-state index in [9.17, 15) is 9.59 Å². The summed E-state index contributed by atoms with van der Waals surface area (Å²) >= 11 is 0. The van der Waals surface area contributed by atoms with Crippen molar-refractivity contribution in [3.63, 3.8) is 0 Å². The quantitative estimate of drug-likeness (QED) is 0.815.